The van der Waals surface area contributed by atoms with Crippen molar-refractivity contribution in [2.45, 2.75) is 44.6 Å². The Labute approximate surface area is 125 Å². The summed E-state index contributed by atoms with van der Waals surface area (Å²) in [7, 11) is 0. The first-order valence-electron chi connectivity index (χ1n) is 7.73. The zero-order valence-corrected chi connectivity index (χ0v) is 12.2. The smallest absolute Gasteiger partial charge is 0.268 e. The maximum absolute atomic E-state index is 12.5. The van der Waals surface area contributed by atoms with Gasteiger partial charge in [-0.05, 0) is 37.1 Å². The summed E-state index contributed by atoms with van der Waals surface area (Å²) in [6.45, 7) is 0. The number of nitrogens with one attached hydrogen (secondary N) is 1. The summed E-state index contributed by atoms with van der Waals surface area (Å²) in [5, 5.41) is 3.19. The third kappa shape index (κ3) is 3.32. The van der Waals surface area contributed by atoms with Crippen LogP contribution in [0.3, 0.4) is 0 Å². The highest BCUT2D eigenvalue weighted by Crippen LogP contribution is 2.18. The Kier molecular flexibility index (Phi) is 4.34. The molecule has 0 aliphatic heterocycles. The Hall–Kier alpha value is -2.10. The second kappa shape index (κ2) is 6.57. The standard InChI is InChI=1S/C17H21N3O/c21-17(19-14-7-3-1-2-4-8-14)16-10-6-12-20(16)15-9-5-11-18-13-15/h5-6,9-14H,1-4,7-8H2,(H,19,21). The fourth-order valence-electron chi connectivity index (χ4n) is 2.97. The van der Waals surface area contributed by atoms with E-state index in [1.807, 2.05) is 35.0 Å². The first kappa shape index (κ1) is 13.9. The van der Waals surface area contributed by atoms with E-state index in [1.54, 1.807) is 12.4 Å². The summed E-state index contributed by atoms with van der Waals surface area (Å²) in [6, 6.07) is 7.91. The van der Waals surface area contributed by atoms with E-state index in [9.17, 15) is 4.79 Å². The Morgan fingerprint density at radius 1 is 1.14 bits per heavy atom. The topological polar surface area (TPSA) is 46.9 Å². The van der Waals surface area contributed by atoms with Gasteiger partial charge in [0.15, 0.2) is 0 Å². The molecule has 110 valence electrons. The highest BCUT2D eigenvalue weighted by molar-refractivity contribution is 5.93. The minimum Gasteiger partial charge on any atom is -0.348 e. The molecule has 3 rings (SSSR count). The van der Waals surface area contributed by atoms with Crippen LogP contribution >= 0.6 is 0 Å². The number of nitrogens with zero attached hydrogens (tertiary/aromatic N) is 2. The van der Waals surface area contributed by atoms with E-state index in [0.717, 1.165) is 18.5 Å². The molecule has 0 radical (unpaired) electrons. The average Bonchev–Trinajstić information content (AvgIpc) is 2.87. The Bertz CT molecular complexity index is 583. The maximum atomic E-state index is 12.5. The Balaban J connectivity index is 1.75. The van der Waals surface area contributed by atoms with Crippen LogP contribution in [0.4, 0.5) is 0 Å². The second-order valence-electron chi connectivity index (χ2n) is 5.64. The molecule has 1 fully saturated rings. The van der Waals surface area contributed by atoms with Gasteiger partial charge in [0.05, 0.1) is 11.9 Å². The van der Waals surface area contributed by atoms with Gasteiger partial charge >= 0.3 is 0 Å². The van der Waals surface area contributed by atoms with Gasteiger partial charge in [-0.3, -0.25) is 9.78 Å². The van der Waals surface area contributed by atoms with Gasteiger partial charge in [-0.1, -0.05) is 25.7 Å². The summed E-state index contributed by atoms with van der Waals surface area (Å²) >= 11 is 0. The van der Waals surface area contributed by atoms with Gasteiger partial charge in [-0.2, -0.15) is 0 Å². The molecule has 2 aromatic rings. The number of pyridine rings is 1. The molecule has 0 atom stereocenters. The maximum Gasteiger partial charge on any atom is 0.268 e. The number of amides is 1. The minimum atomic E-state index is 0.00996. The Morgan fingerprint density at radius 2 is 1.95 bits per heavy atom. The molecule has 1 aliphatic carbocycles. The molecule has 0 unspecified atom stereocenters. The third-order valence-electron chi connectivity index (χ3n) is 4.10. The molecule has 1 aliphatic rings. The average molecular weight is 283 g/mol. The summed E-state index contributed by atoms with van der Waals surface area (Å²) in [5.74, 6) is 0.00996. The molecule has 1 saturated carbocycles. The number of carbonyl (C=O) groups excluding carboxylic acids is 1. The quantitative estimate of drug-likeness (QED) is 0.878. The number of rotatable bonds is 3. The lowest BCUT2D eigenvalue weighted by atomic mass is 10.1. The molecule has 1 amide bonds. The van der Waals surface area contributed by atoms with Crippen molar-refractivity contribution in [2.75, 3.05) is 0 Å². The minimum absolute atomic E-state index is 0.00996. The highest BCUT2D eigenvalue weighted by atomic mass is 16.2. The number of hydrogen-bond donors (Lipinski definition) is 1. The molecule has 4 heteroatoms. The van der Waals surface area contributed by atoms with Gasteiger partial charge in [-0.25, -0.2) is 0 Å². The first-order valence-corrected chi connectivity index (χ1v) is 7.73. The number of aromatic nitrogens is 2. The van der Waals surface area contributed by atoms with Crippen LogP contribution in [0.15, 0.2) is 42.9 Å². The van der Waals surface area contributed by atoms with Crippen molar-refractivity contribution >= 4 is 5.91 Å². The van der Waals surface area contributed by atoms with Gasteiger partial charge in [0.1, 0.15) is 5.69 Å². The lowest BCUT2D eigenvalue weighted by molar-refractivity contribution is 0.0926. The normalized spacial score (nSPS) is 16.4. The molecule has 2 heterocycles. The van der Waals surface area contributed by atoms with Crippen LogP contribution in [-0.2, 0) is 0 Å². The molecule has 0 saturated heterocycles. The van der Waals surface area contributed by atoms with Gasteiger partial charge in [0.25, 0.3) is 5.91 Å². The lowest BCUT2D eigenvalue weighted by Crippen LogP contribution is -2.35. The molecule has 1 N–H and O–H groups in total. The fraction of sp³-hybridized carbons (Fsp3) is 0.412. The van der Waals surface area contributed by atoms with Crippen LogP contribution < -0.4 is 5.32 Å². The van der Waals surface area contributed by atoms with E-state index in [1.165, 1.54) is 25.7 Å². The predicted molar refractivity (Wildman–Crippen MR) is 82.5 cm³/mol. The van der Waals surface area contributed by atoms with Crippen LogP contribution in [0.5, 0.6) is 0 Å². The first-order chi connectivity index (χ1) is 10.3. The van der Waals surface area contributed by atoms with E-state index >= 15 is 0 Å². The van der Waals surface area contributed by atoms with Gasteiger partial charge in [-0.15, -0.1) is 0 Å². The monoisotopic (exact) mass is 283 g/mol. The molecule has 4 nitrogen and oxygen atoms in total. The van der Waals surface area contributed by atoms with Crippen LogP contribution in [0, 0.1) is 0 Å². The highest BCUT2D eigenvalue weighted by Gasteiger charge is 2.18. The van der Waals surface area contributed by atoms with Gasteiger partial charge in [0, 0.05) is 18.4 Å². The lowest BCUT2D eigenvalue weighted by Gasteiger charge is -2.17. The van der Waals surface area contributed by atoms with Crippen LogP contribution in [0.2, 0.25) is 0 Å². The van der Waals surface area contributed by atoms with E-state index in [2.05, 4.69) is 10.3 Å². The van der Waals surface area contributed by atoms with Crippen molar-refractivity contribution < 1.29 is 4.79 Å². The van der Waals surface area contributed by atoms with Crippen molar-refractivity contribution in [1.29, 1.82) is 0 Å². The summed E-state index contributed by atoms with van der Waals surface area (Å²) in [6.07, 6.45) is 12.6. The predicted octanol–water partition coefficient (Wildman–Crippen LogP) is 3.32. The van der Waals surface area contributed by atoms with Crippen molar-refractivity contribution in [2.24, 2.45) is 0 Å². The van der Waals surface area contributed by atoms with Crippen molar-refractivity contribution in [1.82, 2.24) is 14.9 Å². The largest absolute Gasteiger partial charge is 0.348 e. The number of carbonyl (C=O) groups is 1. The summed E-state index contributed by atoms with van der Waals surface area (Å²) < 4.78 is 1.89. The molecule has 2 aromatic heterocycles. The summed E-state index contributed by atoms with van der Waals surface area (Å²) in [5.41, 5.74) is 1.58. The molecular weight excluding hydrogens is 262 g/mol. The van der Waals surface area contributed by atoms with Crippen LogP contribution in [-0.4, -0.2) is 21.5 Å². The second-order valence-corrected chi connectivity index (χ2v) is 5.64. The Morgan fingerprint density at radius 3 is 2.67 bits per heavy atom. The molecular formula is C17H21N3O. The van der Waals surface area contributed by atoms with Crippen LogP contribution in [0.1, 0.15) is 49.0 Å². The van der Waals surface area contributed by atoms with Crippen molar-refractivity contribution in [3.05, 3.63) is 48.5 Å². The van der Waals surface area contributed by atoms with Crippen molar-refractivity contribution in [3.63, 3.8) is 0 Å². The number of hydrogen-bond acceptors (Lipinski definition) is 2. The molecule has 0 aromatic carbocycles. The molecule has 21 heavy (non-hydrogen) atoms. The van der Waals surface area contributed by atoms with Crippen LogP contribution in [0.25, 0.3) is 5.69 Å². The molecule has 0 bridgehead atoms. The van der Waals surface area contributed by atoms with E-state index in [0.29, 0.717) is 11.7 Å². The zero-order chi connectivity index (χ0) is 14.5. The molecule has 0 spiro atoms. The van der Waals surface area contributed by atoms with Gasteiger partial charge in [0.2, 0.25) is 0 Å². The van der Waals surface area contributed by atoms with Crippen molar-refractivity contribution in [3.8, 4) is 5.69 Å². The third-order valence-corrected chi connectivity index (χ3v) is 4.10. The zero-order valence-electron chi connectivity index (χ0n) is 12.2. The van der Waals surface area contributed by atoms with E-state index in [-0.39, 0.29) is 5.91 Å². The van der Waals surface area contributed by atoms with E-state index < -0.39 is 0 Å². The SMILES string of the molecule is O=C(NC1CCCCCC1)c1cccn1-c1cccnc1. The summed E-state index contributed by atoms with van der Waals surface area (Å²) in [4.78, 5) is 16.6. The fourth-order valence-corrected chi connectivity index (χ4v) is 2.97. The van der Waals surface area contributed by atoms with E-state index in [4.69, 9.17) is 0 Å². The van der Waals surface area contributed by atoms with Gasteiger partial charge < -0.3 is 9.88 Å².